The number of esters is 1. The molecular weight excluding hydrogens is 382 g/mol. The molecule has 2 aromatic heterocycles. The molecule has 28 heavy (non-hydrogen) atoms. The van der Waals surface area contributed by atoms with Crippen molar-refractivity contribution < 1.29 is 23.9 Å². The van der Waals surface area contributed by atoms with Gasteiger partial charge < -0.3 is 9.64 Å². The van der Waals surface area contributed by atoms with E-state index in [1.165, 1.54) is 18.5 Å². The van der Waals surface area contributed by atoms with E-state index in [0.29, 0.717) is 30.9 Å². The van der Waals surface area contributed by atoms with Gasteiger partial charge in [-0.25, -0.2) is 9.97 Å². The third-order valence-electron chi connectivity index (χ3n) is 4.85. The molecule has 1 aliphatic carbocycles. The Morgan fingerprint density at radius 3 is 2.64 bits per heavy atom. The lowest BCUT2D eigenvalue weighted by Gasteiger charge is -2.31. The average molecular weight is 399 g/mol. The molecule has 1 saturated heterocycles. The lowest BCUT2D eigenvalue weighted by atomic mass is 9.96. The summed E-state index contributed by atoms with van der Waals surface area (Å²) in [6, 6.07) is 1.45. The summed E-state index contributed by atoms with van der Waals surface area (Å²) in [5, 5.41) is 0. The molecule has 0 N–H and O–H groups in total. The summed E-state index contributed by atoms with van der Waals surface area (Å²) < 4.78 is 5.07. The highest BCUT2D eigenvalue weighted by molar-refractivity contribution is 7.16. The van der Waals surface area contributed by atoms with Gasteiger partial charge in [0.05, 0.1) is 22.3 Å². The second-order valence-corrected chi connectivity index (χ2v) is 7.66. The molecule has 0 radical (unpaired) electrons. The fourth-order valence-corrected chi connectivity index (χ4v) is 4.57. The number of carbonyl (C=O) groups excluding carboxylic acids is 4. The van der Waals surface area contributed by atoms with Gasteiger partial charge in [0.1, 0.15) is 11.4 Å². The van der Waals surface area contributed by atoms with Gasteiger partial charge in [0.2, 0.25) is 11.6 Å². The van der Waals surface area contributed by atoms with Crippen LogP contribution in [-0.4, -0.2) is 58.0 Å². The number of ether oxygens (including phenoxy) is 1. The van der Waals surface area contributed by atoms with E-state index in [-0.39, 0.29) is 46.2 Å². The van der Waals surface area contributed by atoms with E-state index in [9.17, 15) is 19.2 Å². The van der Waals surface area contributed by atoms with Crippen LogP contribution in [0.5, 0.6) is 0 Å². The Bertz CT molecular complexity index is 947. The summed E-state index contributed by atoms with van der Waals surface area (Å²) in [6.07, 6.45) is 4.08. The van der Waals surface area contributed by atoms with Crippen molar-refractivity contribution >= 4 is 34.8 Å². The quantitative estimate of drug-likeness (QED) is 0.617. The number of hydrogen-bond acceptors (Lipinski definition) is 8. The number of rotatable bonds is 3. The lowest BCUT2D eigenvalue weighted by Crippen LogP contribution is -2.42. The molecule has 1 atom stereocenters. The first-order valence-corrected chi connectivity index (χ1v) is 9.83. The van der Waals surface area contributed by atoms with Crippen LogP contribution in [0.4, 0.5) is 0 Å². The number of fused-ring (bicyclic) bond motifs is 2. The lowest BCUT2D eigenvalue weighted by molar-refractivity contribution is -0.149. The minimum atomic E-state index is -0.406. The van der Waals surface area contributed by atoms with Gasteiger partial charge in [-0.15, -0.1) is 11.3 Å². The van der Waals surface area contributed by atoms with Crippen LogP contribution in [0.2, 0.25) is 0 Å². The number of ketones is 2. The Morgan fingerprint density at radius 2 is 1.93 bits per heavy atom. The molecule has 4 rings (SSSR count). The van der Waals surface area contributed by atoms with Gasteiger partial charge in [-0.3, -0.25) is 19.2 Å². The van der Waals surface area contributed by atoms with Crippen LogP contribution in [-0.2, 0) is 9.53 Å². The number of nitrogens with zero attached hydrogens (tertiary/aromatic N) is 3. The van der Waals surface area contributed by atoms with Gasteiger partial charge in [0.15, 0.2) is 0 Å². The van der Waals surface area contributed by atoms with Crippen LogP contribution in [0.25, 0.3) is 0 Å². The highest BCUT2D eigenvalue weighted by atomic mass is 32.1. The summed E-state index contributed by atoms with van der Waals surface area (Å²) in [6.45, 7) is 2.83. The zero-order valence-corrected chi connectivity index (χ0v) is 16.0. The molecule has 0 unspecified atom stereocenters. The van der Waals surface area contributed by atoms with E-state index in [2.05, 4.69) is 9.97 Å². The van der Waals surface area contributed by atoms with E-state index >= 15 is 0 Å². The first kappa shape index (κ1) is 18.4. The molecule has 2 aliphatic rings. The van der Waals surface area contributed by atoms with Gasteiger partial charge in [-0.1, -0.05) is 0 Å². The predicted molar refractivity (Wildman–Crippen MR) is 98.5 cm³/mol. The van der Waals surface area contributed by atoms with Crippen LogP contribution in [0, 0.1) is 5.92 Å². The topological polar surface area (TPSA) is 107 Å². The van der Waals surface area contributed by atoms with Crippen molar-refractivity contribution in [2.45, 2.75) is 19.8 Å². The number of aromatic nitrogens is 2. The first-order chi connectivity index (χ1) is 13.5. The summed E-state index contributed by atoms with van der Waals surface area (Å²) in [5.74, 6) is -1.75. The molecule has 144 valence electrons. The van der Waals surface area contributed by atoms with Crippen molar-refractivity contribution in [2.75, 3.05) is 19.7 Å². The van der Waals surface area contributed by atoms with Crippen molar-refractivity contribution in [3.63, 3.8) is 0 Å². The third kappa shape index (κ3) is 3.01. The van der Waals surface area contributed by atoms with Crippen molar-refractivity contribution in [1.29, 1.82) is 0 Å². The second kappa shape index (κ2) is 7.23. The Hall–Kier alpha value is -2.94. The number of likely N-dealkylation sites (tertiary alicyclic amines) is 1. The van der Waals surface area contributed by atoms with Crippen molar-refractivity contribution in [1.82, 2.24) is 14.9 Å². The maximum atomic E-state index is 13.0. The van der Waals surface area contributed by atoms with Crippen molar-refractivity contribution in [2.24, 2.45) is 5.92 Å². The molecular formula is C19H17N3O5S. The molecule has 9 heteroatoms. The molecule has 0 saturated carbocycles. The van der Waals surface area contributed by atoms with Gasteiger partial charge in [0.25, 0.3) is 5.91 Å². The minimum Gasteiger partial charge on any atom is -0.466 e. The van der Waals surface area contributed by atoms with E-state index in [1.807, 2.05) is 0 Å². The molecule has 8 nitrogen and oxygen atoms in total. The Morgan fingerprint density at radius 1 is 1.21 bits per heavy atom. The minimum absolute atomic E-state index is 0.0112. The third-order valence-corrected chi connectivity index (χ3v) is 5.97. The highest BCUT2D eigenvalue weighted by Gasteiger charge is 2.36. The van der Waals surface area contributed by atoms with E-state index in [4.69, 9.17) is 4.74 Å². The standard InChI is InChI=1S/C19H17N3O5S/c1-2-27-19(26)10-4-3-7-22(9-10)18(25)12-8-11-15(23)13-14(21-6-5-20-13)16(24)17(11)28-12/h5-6,8,10H,2-4,7,9H2,1H3/t10-/m0/s1. The monoisotopic (exact) mass is 399 g/mol. The summed E-state index contributed by atoms with van der Waals surface area (Å²) in [7, 11) is 0. The van der Waals surface area contributed by atoms with Crippen LogP contribution in [0.15, 0.2) is 18.5 Å². The van der Waals surface area contributed by atoms with Crippen LogP contribution in [0.3, 0.4) is 0 Å². The zero-order chi connectivity index (χ0) is 19.8. The largest absolute Gasteiger partial charge is 0.466 e. The Labute approximate surface area is 164 Å². The SMILES string of the molecule is CCOC(=O)[C@H]1CCCN(C(=O)c2cc3c(s2)C(=O)c2nccnc2C3=O)C1. The average Bonchev–Trinajstić information content (AvgIpc) is 3.18. The zero-order valence-electron chi connectivity index (χ0n) is 15.1. The molecule has 1 amide bonds. The normalized spacial score (nSPS) is 18.5. The van der Waals surface area contributed by atoms with Crippen molar-refractivity contribution in [3.8, 4) is 0 Å². The van der Waals surface area contributed by atoms with Crippen LogP contribution >= 0.6 is 11.3 Å². The van der Waals surface area contributed by atoms with E-state index in [0.717, 1.165) is 11.3 Å². The number of piperidine rings is 1. The van der Waals surface area contributed by atoms with Gasteiger partial charge >= 0.3 is 5.97 Å². The number of hydrogen-bond donors (Lipinski definition) is 0. The predicted octanol–water partition coefficient (Wildman–Crippen LogP) is 1.73. The molecule has 0 spiro atoms. The molecule has 0 aromatic carbocycles. The summed E-state index contributed by atoms with van der Waals surface area (Å²) in [5.41, 5.74) is 0.212. The summed E-state index contributed by atoms with van der Waals surface area (Å²) >= 11 is 0.987. The van der Waals surface area contributed by atoms with Gasteiger partial charge in [-0.2, -0.15) is 0 Å². The first-order valence-electron chi connectivity index (χ1n) is 9.01. The van der Waals surface area contributed by atoms with Gasteiger partial charge in [0, 0.05) is 31.0 Å². The van der Waals surface area contributed by atoms with Crippen LogP contribution < -0.4 is 0 Å². The maximum absolute atomic E-state index is 13.0. The molecule has 2 aromatic rings. The smallest absolute Gasteiger partial charge is 0.310 e. The molecule has 1 fully saturated rings. The van der Waals surface area contributed by atoms with E-state index in [1.54, 1.807) is 11.8 Å². The maximum Gasteiger partial charge on any atom is 0.310 e. The van der Waals surface area contributed by atoms with Gasteiger partial charge in [-0.05, 0) is 25.8 Å². The second-order valence-electron chi connectivity index (χ2n) is 6.61. The fourth-order valence-electron chi connectivity index (χ4n) is 3.51. The Balaban J connectivity index is 1.60. The fraction of sp³-hybridized carbons (Fsp3) is 0.368. The van der Waals surface area contributed by atoms with Crippen molar-refractivity contribution in [3.05, 3.63) is 45.2 Å². The molecule has 3 heterocycles. The molecule has 0 bridgehead atoms. The highest BCUT2D eigenvalue weighted by Crippen LogP contribution is 2.33. The number of amides is 1. The summed E-state index contributed by atoms with van der Waals surface area (Å²) in [4.78, 5) is 60.3. The number of carbonyl (C=O) groups is 4. The van der Waals surface area contributed by atoms with E-state index < -0.39 is 11.6 Å². The van der Waals surface area contributed by atoms with Crippen LogP contribution in [0.1, 0.15) is 60.9 Å². The number of thiophene rings is 1. The molecule has 1 aliphatic heterocycles. The Kier molecular flexibility index (Phi) is 4.76.